The second-order valence-electron chi connectivity index (χ2n) is 6.13. The summed E-state index contributed by atoms with van der Waals surface area (Å²) in [6, 6.07) is 1.61. The van der Waals surface area contributed by atoms with Gasteiger partial charge < -0.3 is 19.8 Å². The fraction of sp³-hybridized carbons (Fsp3) is 0.643. The van der Waals surface area contributed by atoms with Crippen LogP contribution in [-0.4, -0.2) is 29.7 Å². The highest BCUT2D eigenvalue weighted by Crippen LogP contribution is 2.33. The minimum absolute atomic E-state index is 0.185. The molecule has 0 radical (unpaired) electrons. The van der Waals surface area contributed by atoms with Crippen molar-refractivity contribution < 1.29 is 13.9 Å². The van der Waals surface area contributed by atoms with E-state index in [4.69, 9.17) is 14.9 Å². The zero-order chi connectivity index (χ0) is 14.9. The smallest absolute Gasteiger partial charge is 0.410 e. The van der Waals surface area contributed by atoms with E-state index in [1.807, 2.05) is 26.8 Å². The van der Waals surface area contributed by atoms with E-state index < -0.39 is 5.60 Å². The molecule has 0 aliphatic carbocycles. The molecule has 1 aromatic rings. The molecule has 1 amide bonds. The number of hydrogen-bond acceptors (Lipinski definition) is 4. The van der Waals surface area contributed by atoms with Gasteiger partial charge in [-0.1, -0.05) is 0 Å². The van der Waals surface area contributed by atoms with Gasteiger partial charge in [0.1, 0.15) is 11.4 Å². The van der Waals surface area contributed by atoms with E-state index in [-0.39, 0.29) is 18.1 Å². The van der Waals surface area contributed by atoms with Crippen LogP contribution < -0.4 is 5.73 Å². The Kier molecular flexibility index (Phi) is 4.44. The monoisotopic (exact) mass is 344 g/mol. The molecule has 0 bridgehead atoms. The average molecular weight is 345 g/mol. The molecule has 2 atom stereocenters. The largest absolute Gasteiger partial charge is 0.466 e. The third kappa shape index (κ3) is 3.55. The Labute approximate surface area is 127 Å². The number of hydrogen-bond donors (Lipinski definition) is 1. The van der Waals surface area contributed by atoms with Gasteiger partial charge in [-0.3, -0.25) is 0 Å². The van der Waals surface area contributed by atoms with Gasteiger partial charge in [0.2, 0.25) is 0 Å². The van der Waals surface area contributed by atoms with E-state index >= 15 is 0 Å². The third-order valence-electron chi connectivity index (χ3n) is 3.33. The number of ether oxygens (including phenoxy) is 1. The van der Waals surface area contributed by atoms with Crippen molar-refractivity contribution in [1.82, 2.24) is 4.90 Å². The quantitative estimate of drug-likeness (QED) is 0.893. The first-order chi connectivity index (χ1) is 9.28. The maximum Gasteiger partial charge on any atom is 0.410 e. The summed E-state index contributed by atoms with van der Waals surface area (Å²) in [5.41, 5.74) is 5.76. The number of furan rings is 1. The van der Waals surface area contributed by atoms with Crippen LogP contribution in [0.4, 0.5) is 4.79 Å². The SMILES string of the molecule is CC(C)(C)OC(=O)N1CCC(C(N)c2occc2Br)C1. The molecule has 1 fully saturated rings. The summed E-state index contributed by atoms with van der Waals surface area (Å²) in [7, 11) is 0. The third-order valence-corrected chi connectivity index (χ3v) is 3.99. The number of rotatable bonds is 2. The zero-order valence-electron chi connectivity index (χ0n) is 12.1. The molecule has 1 aromatic heterocycles. The normalized spacial score (nSPS) is 21.1. The lowest BCUT2D eigenvalue weighted by Gasteiger charge is -2.25. The van der Waals surface area contributed by atoms with Crippen LogP contribution >= 0.6 is 15.9 Å². The second-order valence-corrected chi connectivity index (χ2v) is 6.99. The van der Waals surface area contributed by atoms with Crippen LogP contribution in [0.25, 0.3) is 0 Å². The molecule has 20 heavy (non-hydrogen) atoms. The van der Waals surface area contributed by atoms with Crippen LogP contribution in [0.3, 0.4) is 0 Å². The molecule has 112 valence electrons. The molecule has 0 aromatic carbocycles. The minimum atomic E-state index is -0.471. The van der Waals surface area contributed by atoms with Crippen molar-refractivity contribution in [2.45, 2.75) is 38.8 Å². The Morgan fingerprint density at radius 1 is 1.60 bits per heavy atom. The van der Waals surface area contributed by atoms with Crippen molar-refractivity contribution >= 4 is 22.0 Å². The van der Waals surface area contributed by atoms with Gasteiger partial charge in [-0.15, -0.1) is 0 Å². The molecule has 2 unspecified atom stereocenters. The number of halogens is 1. The molecule has 2 N–H and O–H groups in total. The summed E-state index contributed by atoms with van der Waals surface area (Å²) >= 11 is 3.42. The van der Waals surface area contributed by atoms with Crippen LogP contribution in [0.5, 0.6) is 0 Å². The molecule has 0 saturated carbocycles. The summed E-state index contributed by atoms with van der Waals surface area (Å²) < 4.78 is 11.7. The maximum atomic E-state index is 12.0. The van der Waals surface area contributed by atoms with Crippen LogP contribution in [0, 0.1) is 5.92 Å². The number of carbonyl (C=O) groups is 1. The lowest BCUT2D eigenvalue weighted by molar-refractivity contribution is 0.0286. The van der Waals surface area contributed by atoms with E-state index in [9.17, 15) is 4.79 Å². The highest BCUT2D eigenvalue weighted by molar-refractivity contribution is 9.10. The number of carbonyl (C=O) groups excluding carboxylic acids is 1. The van der Waals surface area contributed by atoms with Crippen LogP contribution in [-0.2, 0) is 4.74 Å². The Bertz CT molecular complexity index is 481. The Morgan fingerprint density at radius 3 is 2.85 bits per heavy atom. The first kappa shape index (κ1) is 15.4. The Balaban J connectivity index is 1.95. The fourth-order valence-corrected chi connectivity index (χ4v) is 2.80. The van der Waals surface area contributed by atoms with Gasteiger partial charge in [0, 0.05) is 19.0 Å². The summed E-state index contributed by atoms with van der Waals surface area (Å²) in [6.07, 6.45) is 2.19. The fourth-order valence-electron chi connectivity index (χ4n) is 2.33. The van der Waals surface area contributed by atoms with Gasteiger partial charge in [-0.05, 0) is 49.2 Å². The summed E-state index contributed by atoms with van der Waals surface area (Å²) in [5.74, 6) is 0.922. The molecule has 1 aliphatic rings. The number of amides is 1. The van der Waals surface area contributed by atoms with Gasteiger partial charge in [-0.2, -0.15) is 0 Å². The maximum absolute atomic E-state index is 12.0. The van der Waals surface area contributed by atoms with Gasteiger partial charge >= 0.3 is 6.09 Å². The van der Waals surface area contributed by atoms with Crippen molar-refractivity contribution in [2.24, 2.45) is 11.7 Å². The summed E-state index contributed by atoms with van der Waals surface area (Å²) in [4.78, 5) is 13.7. The van der Waals surface area contributed by atoms with Crippen molar-refractivity contribution in [2.75, 3.05) is 13.1 Å². The van der Waals surface area contributed by atoms with E-state index in [2.05, 4.69) is 15.9 Å². The van der Waals surface area contributed by atoms with Crippen LogP contribution in [0.1, 0.15) is 39.0 Å². The Hall–Kier alpha value is -1.01. The van der Waals surface area contributed by atoms with Gasteiger partial charge in [0.15, 0.2) is 0 Å². The zero-order valence-corrected chi connectivity index (χ0v) is 13.6. The molecule has 5 nitrogen and oxygen atoms in total. The standard InChI is InChI=1S/C14H21BrN2O3/c1-14(2,3)20-13(18)17-6-4-9(8-17)11(16)12-10(15)5-7-19-12/h5,7,9,11H,4,6,8,16H2,1-3H3. The molecule has 2 heterocycles. The molecule has 1 saturated heterocycles. The molecule has 6 heteroatoms. The van der Waals surface area contributed by atoms with E-state index in [1.54, 1.807) is 11.2 Å². The highest BCUT2D eigenvalue weighted by atomic mass is 79.9. The molecule has 0 spiro atoms. The average Bonchev–Trinajstić information content (AvgIpc) is 2.94. The van der Waals surface area contributed by atoms with Gasteiger partial charge in [-0.25, -0.2) is 4.79 Å². The van der Waals surface area contributed by atoms with E-state index in [0.717, 1.165) is 16.7 Å². The van der Waals surface area contributed by atoms with Crippen LogP contribution in [0.2, 0.25) is 0 Å². The van der Waals surface area contributed by atoms with E-state index in [0.29, 0.717) is 13.1 Å². The molecule has 1 aliphatic heterocycles. The first-order valence-corrected chi connectivity index (χ1v) is 7.53. The van der Waals surface area contributed by atoms with Crippen LogP contribution in [0.15, 0.2) is 21.2 Å². The number of likely N-dealkylation sites (tertiary alicyclic amines) is 1. The van der Waals surface area contributed by atoms with E-state index in [1.165, 1.54) is 0 Å². The molecular formula is C14H21BrN2O3. The molecule has 2 rings (SSSR count). The Morgan fingerprint density at radius 2 is 2.30 bits per heavy atom. The molecular weight excluding hydrogens is 324 g/mol. The number of nitrogens with zero attached hydrogens (tertiary/aromatic N) is 1. The number of nitrogens with two attached hydrogens (primary N) is 1. The summed E-state index contributed by atoms with van der Waals surface area (Å²) in [5, 5.41) is 0. The van der Waals surface area contributed by atoms with Gasteiger partial charge in [0.25, 0.3) is 0 Å². The van der Waals surface area contributed by atoms with Crippen molar-refractivity contribution in [1.29, 1.82) is 0 Å². The lowest BCUT2D eigenvalue weighted by atomic mass is 9.98. The van der Waals surface area contributed by atoms with Gasteiger partial charge in [0.05, 0.1) is 16.8 Å². The first-order valence-electron chi connectivity index (χ1n) is 6.74. The predicted molar refractivity (Wildman–Crippen MR) is 79.3 cm³/mol. The summed E-state index contributed by atoms with van der Waals surface area (Å²) in [6.45, 7) is 6.87. The van der Waals surface area contributed by atoms with Crippen molar-refractivity contribution in [3.05, 3.63) is 22.6 Å². The van der Waals surface area contributed by atoms with Crippen molar-refractivity contribution in [3.63, 3.8) is 0 Å². The second kappa shape index (κ2) is 5.77. The highest BCUT2D eigenvalue weighted by Gasteiger charge is 2.34. The minimum Gasteiger partial charge on any atom is -0.466 e. The topological polar surface area (TPSA) is 68.7 Å². The van der Waals surface area contributed by atoms with Crippen molar-refractivity contribution in [3.8, 4) is 0 Å². The predicted octanol–water partition coefficient (Wildman–Crippen LogP) is 3.30. The lowest BCUT2D eigenvalue weighted by Crippen LogP contribution is -2.36.